The fourth-order valence-corrected chi connectivity index (χ4v) is 4.22. The average Bonchev–Trinajstić information content (AvgIpc) is 3.23. The number of aromatic nitrogens is 4. The molecule has 3 aromatic rings. The molecule has 4 heterocycles. The summed E-state index contributed by atoms with van der Waals surface area (Å²) in [6.07, 6.45) is 4.56. The Morgan fingerprint density at radius 3 is 2.60 bits per heavy atom. The molecule has 0 atom stereocenters. The van der Waals surface area contributed by atoms with E-state index in [1.54, 1.807) is 0 Å². The van der Waals surface area contributed by atoms with Crippen LogP contribution in [0.1, 0.15) is 36.5 Å². The number of aryl methyl sites for hydroxylation is 1. The van der Waals surface area contributed by atoms with Crippen molar-refractivity contribution in [1.29, 1.82) is 0 Å². The third-order valence-corrected chi connectivity index (χ3v) is 5.92. The highest BCUT2D eigenvalue weighted by atomic mass is 16.2. The van der Waals surface area contributed by atoms with E-state index in [2.05, 4.69) is 46.0 Å². The van der Waals surface area contributed by atoms with E-state index in [9.17, 15) is 4.79 Å². The second kappa shape index (κ2) is 8.60. The molecule has 1 saturated heterocycles. The van der Waals surface area contributed by atoms with Crippen molar-refractivity contribution >= 4 is 11.6 Å². The van der Waals surface area contributed by atoms with Crippen LogP contribution in [0.25, 0.3) is 5.65 Å². The molecule has 0 radical (unpaired) electrons. The molecular weight excluding hydrogens is 376 g/mol. The van der Waals surface area contributed by atoms with Crippen molar-refractivity contribution in [3.8, 4) is 0 Å². The van der Waals surface area contributed by atoms with Crippen LogP contribution in [0.4, 0.5) is 0 Å². The van der Waals surface area contributed by atoms with Gasteiger partial charge in [-0.3, -0.25) is 14.4 Å². The molecule has 1 aliphatic heterocycles. The van der Waals surface area contributed by atoms with Gasteiger partial charge in [0, 0.05) is 62.9 Å². The van der Waals surface area contributed by atoms with Gasteiger partial charge in [0.15, 0.2) is 0 Å². The smallest absolute Gasteiger partial charge is 0.227 e. The van der Waals surface area contributed by atoms with E-state index >= 15 is 0 Å². The van der Waals surface area contributed by atoms with E-state index in [-0.39, 0.29) is 5.91 Å². The molecule has 160 valence electrons. The Hall–Kier alpha value is -2.67. The lowest BCUT2D eigenvalue weighted by molar-refractivity contribution is -0.132. The molecule has 0 saturated carbocycles. The predicted octanol–water partition coefficient (Wildman–Crippen LogP) is 2.69. The highest BCUT2D eigenvalue weighted by molar-refractivity contribution is 5.79. The number of imidazole rings is 1. The largest absolute Gasteiger partial charge is 0.340 e. The van der Waals surface area contributed by atoms with E-state index < -0.39 is 0 Å². The number of rotatable bonds is 6. The zero-order chi connectivity index (χ0) is 21.3. The van der Waals surface area contributed by atoms with Crippen LogP contribution in [0.5, 0.6) is 0 Å². The Bertz CT molecular complexity index is 993. The first-order valence-electron chi connectivity index (χ1n) is 10.9. The van der Waals surface area contributed by atoms with Gasteiger partial charge in [0.25, 0.3) is 0 Å². The van der Waals surface area contributed by atoms with Gasteiger partial charge in [-0.2, -0.15) is 5.10 Å². The molecule has 1 aliphatic rings. The van der Waals surface area contributed by atoms with Crippen molar-refractivity contribution in [1.82, 2.24) is 29.0 Å². The lowest BCUT2D eigenvalue weighted by Crippen LogP contribution is -2.48. The van der Waals surface area contributed by atoms with Gasteiger partial charge < -0.3 is 9.30 Å². The summed E-state index contributed by atoms with van der Waals surface area (Å²) >= 11 is 0. The van der Waals surface area contributed by atoms with Crippen LogP contribution in [0.15, 0.2) is 30.6 Å². The fourth-order valence-electron chi connectivity index (χ4n) is 4.22. The van der Waals surface area contributed by atoms with Gasteiger partial charge in [-0.1, -0.05) is 19.9 Å². The van der Waals surface area contributed by atoms with E-state index in [4.69, 9.17) is 4.98 Å². The number of hydrogen-bond donors (Lipinski definition) is 0. The van der Waals surface area contributed by atoms with Crippen molar-refractivity contribution in [3.63, 3.8) is 0 Å². The van der Waals surface area contributed by atoms with Gasteiger partial charge in [0.2, 0.25) is 5.91 Å². The zero-order valence-corrected chi connectivity index (χ0v) is 18.5. The highest BCUT2D eigenvalue weighted by Crippen LogP contribution is 2.17. The normalized spacial score (nSPS) is 15.4. The minimum Gasteiger partial charge on any atom is -0.340 e. The number of fused-ring (bicyclic) bond motifs is 1. The van der Waals surface area contributed by atoms with Crippen LogP contribution >= 0.6 is 0 Å². The van der Waals surface area contributed by atoms with Crippen molar-refractivity contribution < 1.29 is 4.79 Å². The van der Waals surface area contributed by atoms with Crippen LogP contribution in [-0.2, 0) is 24.3 Å². The van der Waals surface area contributed by atoms with Crippen LogP contribution in [-0.4, -0.2) is 61.1 Å². The number of nitrogens with zero attached hydrogens (tertiary/aromatic N) is 6. The van der Waals surface area contributed by atoms with Crippen LogP contribution in [0, 0.1) is 19.8 Å². The summed E-state index contributed by atoms with van der Waals surface area (Å²) < 4.78 is 4.11. The molecular formula is C23H32N6O. The second-order valence-corrected chi connectivity index (χ2v) is 8.76. The number of pyridine rings is 1. The summed E-state index contributed by atoms with van der Waals surface area (Å²) in [5.41, 5.74) is 5.25. The number of carbonyl (C=O) groups excluding carboxylic acids is 1. The van der Waals surface area contributed by atoms with Gasteiger partial charge in [-0.05, 0) is 31.9 Å². The van der Waals surface area contributed by atoms with Crippen molar-refractivity contribution in [3.05, 3.63) is 53.2 Å². The first-order valence-corrected chi connectivity index (χ1v) is 10.9. The van der Waals surface area contributed by atoms with E-state index in [0.29, 0.717) is 12.3 Å². The van der Waals surface area contributed by atoms with Gasteiger partial charge in [0.05, 0.1) is 17.8 Å². The third kappa shape index (κ3) is 4.41. The minimum atomic E-state index is 0.206. The first-order chi connectivity index (χ1) is 14.4. The Labute approximate surface area is 178 Å². The number of piperazine rings is 1. The Morgan fingerprint density at radius 2 is 1.90 bits per heavy atom. The Balaban J connectivity index is 1.33. The Morgan fingerprint density at radius 1 is 1.13 bits per heavy atom. The molecule has 3 aromatic heterocycles. The molecule has 30 heavy (non-hydrogen) atoms. The summed E-state index contributed by atoms with van der Waals surface area (Å²) in [6, 6.07) is 6.04. The molecule has 1 fully saturated rings. The predicted molar refractivity (Wildman–Crippen MR) is 117 cm³/mol. The molecule has 0 bridgehead atoms. The SMILES string of the molecule is Cc1nn(CC(C)C)c(C)c1CC(=O)N1CCN(Cc2cn3ccccc3n2)CC1. The molecule has 0 aromatic carbocycles. The first kappa shape index (κ1) is 20.6. The van der Waals surface area contributed by atoms with E-state index in [0.717, 1.165) is 67.6 Å². The van der Waals surface area contributed by atoms with Gasteiger partial charge in [-0.25, -0.2) is 4.98 Å². The second-order valence-electron chi connectivity index (χ2n) is 8.76. The van der Waals surface area contributed by atoms with Crippen LogP contribution in [0.3, 0.4) is 0 Å². The monoisotopic (exact) mass is 408 g/mol. The number of carbonyl (C=O) groups is 1. The van der Waals surface area contributed by atoms with E-state index in [1.807, 2.05) is 36.2 Å². The molecule has 0 spiro atoms. The van der Waals surface area contributed by atoms with E-state index in [1.165, 1.54) is 0 Å². The summed E-state index contributed by atoms with van der Waals surface area (Å²) in [4.78, 5) is 22.0. The van der Waals surface area contributed by atoms with Crippen LogP contribution in [0.2, 0.25) is 0 Å². The fraction of sp³-hybridized carbons (Fsp3) is 0.522. The van der Waals surface area contributed by atoms with Gasteiger partial charge in [-0.15, -0.1) is 0 Å². The van der Waals surface area contributed by atoms with Crippen molar-refractivity contribution in [2.75, 3.05) is 26.2 Å². The molecule has 4 rings (SSSR count). The maximum Gasteiger partial charge on any atom is 0.227 e. The minimum absolute atomic E-state index is 0.206. The summed E-state index contributed by atoms with van der Waals surface area (Å²) in [5.74, 6) is 0.741. The molecule has 0 unspecified atom stereocenters. The van der Waals surface area contributed by atoms with Gasteiger partial charge in [0.1, 0.15) is 5.65 Å². The van der Waals surface area contributed by atoms with Crippen molar-refractivity contribution in [2.45, 2.75) is 47.2 Å². The Kier molecular flexibility index (Phi) is 5.90. The average molecular weight is 409 g/mol. The van der Waals surface area contributed by atoms with Gasteiger partial charge >= 0.3 is 0 Å². The molecule has 1 amide bonds. The standard InChI is InChI=1S/C23H32N6O/c1-17(2)14-29-19(4)21(18(3)25-29)13-23(30)27-11-9-26(10-12-27)15-20-16-28-8-6-5-7-22(28)24-20/h5-8,16-17H,9-15H2,1-4H3. The summed E-state index contributed by atoms with van der Waals surface area (Å²) in [6.45, 7) is 13.5. The number of hydrogen-bond acceptors (Lipinski definition) is 4. The highest BCUT2D eigenvalue weighted by Gasteiger charge is 2.24. The summed E-state index contributed by atoms with van der Waals surface area (Å²) in [5, 5.41) is 4.65. The lowest BCUT2D eigenvalue weighted by Gasteiger charge is -2.34. The quantitative estimate of drug-likeness (QED) is 0.629. The maximum absolute atomic E-state index is 12.9. The molecule has 0 N–H and O–H groups in total. The third-order valence-electron chi connectivity index (χ3n) is 5.92. The topological polar surface area (TPSA) is 58.7 Å². The maximum atomic E-state index is 12.9. The summed E-state index contributed by atoms with van der Waals surface area (Å²) in [7, 11) is 0. The number of amides is 1. The zero-order valence-electron chi connectivity index (χ0n) is 18.5. The van der Waals surface area contributed by atoms with Crippen LogP contribution < -0.4 is 0 Å². The van der Waals surface area contributed by atoms with Crippen molar-refractivity contribution in [2.24, 2.45) is 5.92 Å². The lowest BCUT2D eigenvalue weighted by atomic mass is 10.1. The molecule has 0 aliphatic carbocycles. The molecule has 7 nitrogen and oxygen atoms in total. The molecule has 7 heteroatoms.